The van der Waals surface area contributed by atoms with E-state index >= 15 is 0 Å². The van der Waals surface area contributed by atoms with E-state index in [0.717, 1.165) is 6.20 Å². The number of rotatable bonds is 3. The molecular weight excluding hydrogens is 305 g/mol. The largest absolute Gasteiger partial charge is 0.382 e. The second kappa shape index (κ2) is 5.26. The lowest BCUT2D eigenvalue weighted by Crippen LogP contribution is -2.14. The van der Waals surface area contributed by atoms with Gasteiger partial charge >= 0.3 is 0 Å². The Morgan fingerprint density at radius 3 is 2.65 bits per heavy atom. The third-order valence-corrected chi connectivity index (χ3v) is 4.22. The molecule has 0 bridgehead atoms. The first kappa shape index (κ1) is 14.5. The number of benzene rings is 1. The molecular formula is C12H11ClFN3O2S. The predicted octanol–water partition coefficient (Wildman–Crippen LogP) is 2.57. The lowest BCUT2D eigenvalue weighted by molar-refractivity contribution is 0.600. The SMILES string of the molecule is Cc1cc(F)ccc1NS(=O)(=O)c1cnc(N)c(Cl)c1. The topological polar surface area (TPSA) is 85.1 Å². The van der Waals surface area contributed by atoms with Gasteiger partial charge in [-0.1, -0.05) is 11.6 Å². The summed E-state index contributed by atoms with van der Waals surface area (Å²) in [5.41, 5.74) is 6.16. The summed E-state index contributed by atoms with van der Waals surface area (Å²) >= 11 is 5.75. The minimum Gasteiger partial charge on any atom is -0.382 e. The number of halogens is 2. The molecule has 2 aromatic rings. The van der Waals surface area contributed by atoms with Crippen LogP contribution < -0.4 is 10.5 Å². The van der Waals surface area contributed by atoms with Gasteiger partial charge in [-0.05, 0) is 36.8 Å². The number of nitrogen functional groups attached to an aromatic ring is 1. The van der Waals surface area contributed by atoms with Crippen LogP contribution in [0.2, 0.25) is 5.02 Å². The van der Waals surface area contributed by atoms with Gasteiger partial charge in [0.05, 0.1) is 10.7 Å². The van der Waals surface area contributed by atoms with Crippen molar-refractivity contribution < 1.29 is 12.8 Å². The van der Waals surface area contributed by atoms with Gasteiger partial charge in [0.25, 0.3) is 10.0 Å². The molecule has 0 radical (unpaired) electrons. The highest BCUT2D eigenvalue weighted by Crippen LogP contribution is 2.23. The summed E-state index contributed by atoms with van der Waals surface area (Å²) < 4.78 is 39.6. The van der Waals surface area contributed by atoms with Crippen molar-refractivity contribution in [2.24, 2.45) is 0 Å². The fourth-order valence-corrected chi connectivity index (χ4v) is 2.86. The molecule has 1 aromatic heterocycles. The van der Waals surface area contributed by atoms with Crippen LogP contribution >= 0.6 is 11.6 Å². The van der Waals surface area contributed by atoms with Crippen molar-refractivity contribution in [3.05, 3.63) is 46.9 Å². The van der Waals surface area contributed by atoms with E-state index in [1.807, 2.05) is 0 Å². The van der Waals surface area contributed by atoms with Gasteiger partial charge in [-0.2, -0.15) is 0 Å². The highest BCUT2D eigenvalue weighted by Gasteiger charge is 2.17. The van der Waals surface area contributed by atoms with Crippen molar-refractivity contribution >= 4 is 33.1 Å². The minimum absolute atomic E-state index is 0.0450. The van der Waals surface area contributed by atoms with Gasteiger partial charge in [0, 0.05) is 6.20 Å². The van der Waals surface area contributed by atoms with E-state index in [-0.39, 0.29) is 21.4 Å². The smallest absolute Gasteiger partial charge is 0.263 e. The number of hydrogen-bond donors (Lipinski definition) is 2. The molecule has 0 aliphatic rings. The molecule has 8 heteroatoms. The summed E-state index contributed by atoms with van der Waals surface area (Å²) in [4.78, 5) is 3.57. The molecule has 3 N–H and O–H groups in total. The van der Waals surface area contributed by atoms with Crippen molar-refractivity contribution in [1.82, 2.24) is 4.98 Å². The van der Waals surface area contributed by atoms with Crippen LogP contribution in [0.5, 0.6) is 0 Å². The monoisotopic (exact) mass is 315 g/mol. The number of aryl methyl sites for hydroxylation is 1. The van der Waals surface area contributed by atoms with Crippen molar-refractivity contribution in [2.75, 3.05) is 10.5 Å². The summed E-state index contributed by atoms with van der Waals surface area (Å²) in [6.07, 6.45) is 1.10. The van der Waals surface area contributed by atoms with E-state index < -0.39 is 15.8 Å². The molecule has 0 atom stereocenters. The van der Waals surface area contributed by atoms with E-state index in [1.54, 1.807) is 6.92 Å². The fraction of sp³-hybridized carbons (Fsp3) is 0.0833. The summed E-state index contributed by atoms with van der Waals surface area (Å²) in [5, 5.41) is 0.0451. The number of anilines is 2. The number of hydrogen-bond acceptors (Lipinski definition) is 4. The van der Waals surface area contributed by atoms with Crippen LogP contribution in [0.4, 0.5) is 15.9 Å². The minimum atomic E-state index is -3.86. The normalized spacial score (nSPS) is 11.3. The molecule has 0 saturated carbocycles. The fourth-order valence-electron chi connectivity index (χ4n) is 1.52. The van der Waals surface area contributed by atoms with Gasteiger partial charge in [0.1, 0.15) is 16.5 Å². The maximum atomic E-state index is 13.0. The third-order valence-electron chi connectivity index (χ3n) is 2.59. The zero-order valence-electron chi connectivity index (χ0n) is 10.4. The molecule has 0 aliphatic carbocycles. The summed E-state index contributed by atoms with van der Waals surface area (Å²) in [6.45, 7) is 1.59. The first-order valence-electron chi connectivity index (χ1n) is 5.49. The van der Waals surface area contributed by atoms with Crippen molar-refractivity contribution in [3.8, 4) is 0 Å². The quantitative estimate of drug-likeness (QED) is 0.911. The van der Waals surface area contributed by atoms with E-state index in [4.69, 9.17) is 17.3 Å². The molecule has 1 aromatic carbocycles. The standard InChI is InChI=1S/C12H11ClFN3O2S/c1-7-4-8(14)2-3-11(7)17-20(18,19)9-5-10(13)12(15)16-6-9/h2-6,17H,1H3,(H2,15,16). The van der Waals surface area contributed by atoms with Crippen LogP contribution in [0.1, 0.15) is 5.56 Å². The highest BCUT2D eigenvalue weighted by atomic mass is 35.5. The van der Waals surface area contributed by atoms with Gasteiger partial charge in [0.2, 0.25) is 0 Å². The van der Waals surface area contributed by atoms with E-state index in [2.05, 4.69) is 9.71 Å². The number of nitrogens with one attached hydrogen (secondary N) is 1. The van der Waals surface area contributed by atoms with E-state index in [9.17, 15) is 12.8 Å². The van der Waals surface area contributed by atoms with Gasteiger partial charge in [0.15, 0.2) is 0 Å². The maximum Gasteiger partial charge on any atom is 0.263 e. The Morgan fingerprint density at radius 2 is 2.05 bits per heavy atom. The highest BCUT2D eigenvalue weighted by molar-refractivity contribution is 7.92. The summed E-state index contributed by atoms with van der Waals surface area (Å²) in [5.74, 6) is -0.397. The number of nitrogens with zero attached hydrogens (tertiary/aromatic N) is 1. The van der Waals surface area contributed by atoms with Gasteiger partial charge < -0.3 is 5.73 Å². The molecule has 0 fully saturated rings. The number of pyridine rings is 1. The summed E-state index contributed by atoms with van der Waals surface area (Å²) in [7, 11) is -3.86. The van der Waals surface area contributed by atoms with Crippen LogP contribution in [0, 0.1) is 12.7 Å². The first-order valence-corrected chi connectivity index (χ1v) is 7.36. The first-order chi connectivity index (χ1) is 9.29. The molecule has 5 nitrogen and oxygen atoms in total. The molecule has 0 saturated heterocycles. The Kier molecular flexibility index (Phi) is 3.82. The average molecular weight is 316 g/mol. The number of nitrogens with two attached hydrogens (primary N) is 1. The molecule has 106 valence electrons. The Morgan fingerprint density at radius 1 is 1.35 bits per heavy atom. The van der Waals surface area contributed by atoms with Gasteiger partial charge in [-0.15, -0.1) is 0 Å². The second-order valence-electron chi connectivity index (χ2n) is 4.10. The Bertz CT molecular complexity index is 765. The van der Waals surface area contributed by atoms with Crippen molar-refractivity contribution in [3.63, 3.8) is 0 Å². The van der Waals surface area contributed by atoms with Crippen LogP contribution in [0.3, 0.4) is 0 Å². The summed E-state index contributed by atoms with van der Waals surface area (Å²) in [6, 6.07) is 4.94. The Balaban J connectivity index is 2.38. The second-order valence-corrected chi connectivity index (χ2v) is 6.19. The van der Waals surface area contributed by atoms with E-state index in [1.165, 1.54) is 24.3 Å². The van der Waals surface area contributed by atoms with Crippen molar-refractivity contribution in [2.45, 2.75) is 11.8 Å². The van der Waals surface area contributed by atoms with Gasteiger partial charge in [-0.25, -0.2) is 17.8 Å². The zero-order valence-corrected chi connectivity index (χ0v) is 12.0. The molecule has 0 aliphatic heterocycles. The van der Waals surface area contributed by atoms with Crippen LogP contribution in [-0.2, 0) is 10.0 Å². The molecule has 1 heterocycles. The molecule has 20 heavy (non-hydrogen) atoms. The lowest BCUT2D eigenvalue weighted by Gasteiger charge is -2.11. The molecule has 0 unspecified atom stereocenters. The number of aromatic nitrogens is 1. The Hall–Kier alpha value is -1.86. The van der Waals surface area contributed by atoms with Crippen LogP contribution in [0.25, 0.3) is 0 Å². The third kappa shape index (κ3) is 3.00. The van der Waals surface area contributed by atoms with Crippen LogP contribution in [0.15, 0.2) is 35.4 Å². The Labute approximate surface area is 120 Å². The predicted molar refractivity (Wildman–Crippen MR) is 75.6 cm³/mol. The lowest BCUT2D eigenvalue weighted by atomic mass is 10.2. The van der Waals surface area contributed by atoms with Crippen LogP contribution in [-0.4, -0.2) is 13.4 Å². The zero-order chi connectivity index (χ0) is 14.9. The van der Waals surface area contributed by atoms with Crippen molar-refractivity contribution in [1.29, 1.82) is 0 Å². The number of sulfonamides is 1. The molecule has 0 spiro atoms. The molecule has 2 rings (SSSR count). The maximum absolute atomic E-state index is 13.0. The van der Waals surface area contributed by atoms with Gasteiger partial charge in [-0.3, -0.25) is 4.72 Å². The molecule has 0 amide bonds. The van der Waals surface area contributed by atoms with E-state index in [0.29, 0.717) is 5.56 Å². The average Bonchev–Trinajstić information content (AvgIpc) is 2.36.